The minimum absolute atomic E-state index is 0.220. The molecule has 2 heterocycles. The normalized spacial score (nSPS) is 19.8. The Morgan fingerprint density at radius 1 is 1.29 bits per heavy atom. The number of anilines is 1. The summed E-state index contributed by atoms with van der Waals surface area (Å²) in [5.74, 6) is 1.87. The summed E-state index contributed by atoms with van der Waals surface area (Å²) in [7, 11) is 0. The number of hydrazone groups is 1. The second kappa shape index (κ2) is 6.11. The number of amidine groups is 1. The minimum atomic E-state index is -0.220. The van der Waals surface area contributed by atoms with Gasteiger partial charge in [0, 0.05) is 24.9 Å². The van der Waals surface area contributed by atoms with Gasteiger partial charge >= 0.3 is 0 Å². The fraction of sp³-hybridized carbons (Fsp3) is 0.389. The van der Waals surface area contributed by atoms with E-state index in [4.69, 9.17) is 4.52 Å². The van der Waals surface area contributed by atoms with Crippen LogP contribution in [0.2, 0.25) is 0 Å². The maximum Gasteiger partial charge on any atom is 0.279 e. The first kappa shape index (κ1) is 14.9. The van der Waals surface area contributed by atoms with Crippen molar-refractivity contribution < 1.29 is 9.32 Å². The van der Waals surface area contributed by atoms with Crippen molar-refractivity contribution in [2.24, 2.45) is 11.0 Å². The van der Waals surface area contributed by atoms with Crippen LogP contribution in [0.3, 0.4) is 0 Å². The number of para-hydroxylation sites is 1. The minimum Gasteiger partial charge on any atom is -0.360 e. The van der Waals surface area contributed by atoms with Gasteiger partial charge in [-0.25, -0.2) is 0 Å². The third-order valence-corrected chi connectivity index (χ3v) is 4.62. The number of hydrogen-bond donors (Lipinski definition) is 1. The Morgan fingerprint density at radius 2 is 2.12 bits per heavy atom. The number of hydrogen-bond acceptors (Lipinski definition) is 5. The number of nitrogens with zero attached hydrogens (tertiary/aromatic N) is 3. The molecule has 1 N–H and O–H groups in total. The van der Waals surface area contributed by atoms with Gasteiger partial charge in [0.25, 0.3) is 5.91 Å². The molecule has 0 spiro atoms. The number of aromatic nitrogens is 1. The van der Waals surface area contributed by atoms with Crippen molar-refractivity contribution in [3.05, 3.63) is 47.3 Å². The van der Waals surface area contributed by atoms with E-state index in [1.165, 1.54) is 0 Å². The average molecular weight is 324 g/mol. The number of nitrogens with one attached hydrogen (secondary N) is 1. The molecule has 1 aromatic carbocycles. The van der Waals surface area contributed by atoms with Gasteiger partial charge in [-0.15, -0.1) is 0 Å². The molecule has 1 aliphatic heterocycles. The summed E-state index contributed by atoms with van der Waals surface area (Å²) in [4.78, 5) is 12.6. The SMILES string of the molecule is CC1CCc2onc(C(=O)NC3=NN(c4ccccc4)CC3)c2C1. The van der Waals surface area contributed by atoms with E-state index in [1.54, 1.807) is 0 Å². The quantitative estimate of drug-likeness (QED) is 0.922. The van der Waals surface area contributed by atoms with Gasteiger partial charge < -0.3 is 9.84 Å². The van der Waals surface area contributed by atoms with Crippen molar-refractivity contribution in [1.82, 2.24) is 10.5 Å². The van der Waals surface area contributed by atoms with Crippen molar-refractivity contribution in [2.45, 2.75) is 32.6 Å². The number of carbonyl (C=O) groups is 1. The van der Waals surface area contributed by atoms with E-state index in [-0.39, 0.29) is 5.91 Å². The summed E-state index contributed by atoms with van der Waals surface area (Å²) in [6.07, 6.45) is 3.50. The molecule has 0 radical (unpaired) electrons. The van der Waals surface area contributed by atoms with E-state index in [0.717, 1.165) is 42.8 Å². The number of carbonyl (C=O) groups excluding carboxylic acids is 1. The molecule has 1 aromatic heterocycles. The van der Waals surface area contributed by atoms with Gasteiger partial charge in [-0.1, -0.05) is 30.3 Å². The van der Waals surface area contributed by atoms with E-state index in [9.17, 15) is 4.79 Å². The van der Waals surface area contributed by atoms with Crippen LogP contribution >= 0.6 is 0 Å². The Kier molecular flexibility index (Phi) is 3.80. The Labute approximate surface area is 140 Å². The zero-order chi connectivity index (χ0) is 16.5. The highest BCUT2D eigenvalue weighted by molar-refractivity contribution is 6.07. The van der Waals surface area contributed by atoms with Crippen LogP contribution in [0.15, 0.2) is 40.0 Å². The Hall–Kier alpha value is -2.63. The summed E-state index contributed by atoms with van der Waals surface area (Å²) in [6, 6.07) is 9.93. The van der Waals surface area contributed by atoms with Gasteiger partial charge in [0.2, 0.25) is 0 Å². The molecule has 1 unspecified atom stereocenters. The zero-order valence-corrected chi connectivity index (χ0v) is 13.7. The third-order valence-electron chi connectivity index (χ3n) is 4.62. The second-order valence-corrected chi connectivity index (χ2v) is 6.49. The van der Waals surface area contributed by atoms with Crippen LogP contribution in [0.1, 0.15) is 41.6 Å². The molecule has 1 aliphatic carbocycles. The van der Waals surface area contributed by atoms with Gasteiger partial charge in [0.1, 0.15) is 11.6 Å². The average Bonchev–Trinajstić information content (AvgIpc) is 3.22. The van der Waals surface area contributed by atoms with Gasteiger partial charge in [-0.3, -0.25) is 9.80 Å². The van der Waals surface area contributed by atoms with Crippen LogP contribution in [-0.2, 0) is 12.8 Å². The summed E-state index contributed by atoms with van der Waals surface area (Å²) >= 11 is 0. The number of aryl methyl sites for hydroxylation is 1. The largest absolute Gasteiger partial charge is 0.360 e. The van der Waals surface area contributed by atoms with Crippen molar-refractivity contribution in [1.29, 1.82) is 0 Å². The van der Waals surface area contributed by atoms with E-state index in [0.29, 0.717) is 23.9 Å². The summed E-state index contributed by atoms with van der Waals surface area (Å²) in [5.41, 5.74) is 2.40. The molecule has 1 amide bonds. The number of amides is 1. The van der Waals surface area contributed by atoms with Crippen LogP contribution in [0.25, 0.3) is 0 Å². The Bertz CT molecular complexity index is 782. The number of fused-ring (bicyclic) bond motifs is 1. The molecule has 2 aliphatic rings. The maximum atomic E-state index is 12.6. The smallest absolute Gasteiger partial charge is 0.279 e. The van der Waals surface area contributed by atoms with Crippen LogP contribution in [0.5, 0.6) is 0 Å². The van der Waals surface area contributed by atoms with Crippen molar-refractivity contribution in [2.75, 3.05) is 11.6 Å². The molecular formula is C18H20N4O2. The highest BCUT2D eigenvalue weighted by atomic mass is 16.5. The molecule has 1 atom stereocenters. The monoisotopic (exact) mass is 324 g/mol. The second-order valence-electron chi connectivity index (χ2n) is 6.49. The lowest BCUT2D eigenvalue weighted by atomic mass is 9.88. The maximum absolute atomic E-state index is 12.6. The van der Waals surface area contributed by atoms with Crippen LogP contribution in [0, 0.1) is 5.92 Å². The fourth-order valence-corrected chi connectivity index (χ4v) is 3.28. The third kappa shape index (κ3) is 2.79. The van der Waals surface area contributed by atoms with Crippen molar-refractivity contribution in [3.8, 4) is 0 Å². The van der Waals surface area contributed by atoms with Crippen molar-refractivity contribution >= 4 is 17.4 Å². The lowest BCUT2D eigenvalue weighted by molar-refractivity contribution is 0.0967. The first-order chi connectivity index (χ1) is 11.7. The van der Waals surface area contributed by atoms with E-state index < -0.39 is 0 Å². The predicted molar refractivity (Wildman–Crippen MR) is 91.0 cm³/mol. The van der Waals surface area contributed by atoms with Gasteiger partial charge in [-0.2, -0.15) is 5.10 Å². The first-order valence-corrected chi connectivity index (χ1v) is 8.39. The summed E-state index contributed by atoms with van der Waals surface area (Å²) in [6.45, 7) is 2.95. The Morgan fingerprint density at radius 3 is 2.96 bits per heavy atom. The lowest BCUT2D eigenvalue weighted by Gasteiger charge is -2.16. The lowest BCUT2D eigenvalue weighted by Crippen LogP contribution is -2.30. The Balaban J connectivity index is 1.48. The molecule has 24 heavy (non-hydrogen) atoms. The molecule has 0 saturated heterocycles. The van der Waals surface area contributed by atoms with E-state index in [2.05, 4.69) is 22.5 Å². The molecule has 4 rings (SSSR count). The molecule has 0 fully saturated rings. The fourth-order valence-electron chi connectivity index (χ4n) is 3.28. The van der Waals surface area contributed by atoms with Crippen LogP contribution < -0.4 is 10.3 Å². The first-order valence-electron chi connectivity index (χ1n) is 8.39. The van der Waals surface area contributed by atoms with E-state index >= 15 is 0 Å². The highest BCUT2D eigenvalue weighted by Gasteiger charge is 2.28. The molecule has 2 aromatic rings. The zero-order valence-electron chi connectivity index (χ0n) is 13.7. The topological polar surface area (TPSA) is 70.7 Å². The van der Waals surface area contributed by atoms with Crippen LogP contribution in [0.4, 0.5) is 5.69 Å². The van der Waals surface area contributed by atoms with Crippen LogP contribution in [-0.4, -0.2) is 23.4 Å². The molecule has 124 valence electrons. The molecule has 0 bridgehead atoms. The predicted octanol–water partition coefficient (Wildman–Crippen LogP) is 2.75. The number of benzene rings is 1. The van der Waals surface area contributed by atoms with Crippen molar-refractivity contribution in [3.63, 3.8) is 0 Å². The standard InChI is InChI=1S/C18H20N4O2/c1-12-7-8-15-14(11-12)17(21-24-15)18(23)19-16-9-10-22(20-16)13-5-3-2-4-6-13/h2-6,12H,7-11H2,1H3,(H,19,20,23). The molecule has 6 heteroatoms. The van der Waals surface area contributed by atoms with Gasteiger partial charge in [0.05, 0.1) is 5.69 Å². The molecule has 0 saturated carbocycles. The highest BCUT2D eigenvalue weighted by Crippen LogP contribution is 2.28. The molecule has 6 nitrogen and oxygen atoms in total. The number of rotatable bonds is 2. The molecular weight excluding hydrogens is 304 g/mol. The van der Waals surface area contributed by atoms with E-state index in [1.807, 2.05) is 35.3 Å². The summed E-state index contributed by atoms with van der Waals surface area (Å²) < 4.78 is 5.35. The van der Waals surface area contributed by atoms with Gasteiger partial charge in [-0.05, 0) is 30.9 Å². The summed E-state index contributed by atoms with van der Waals surface area (Å²) in [5, 5.41) is 13.3. The van der Waals surface area contributed by atoms with Gasteiger partial charge in [0.15, 0.2) is 5.69 Å².